The zero-order chi connectivity index (χ0) is 10.1. The second kappa shape index (κ2) is 8.85. The number of rotatable bonds is 8. The minimum atomic E-state index is 0.516. The fourth-order valence-corrected chi connectivity index (χ4v) is 2.04. The predicted octanol–water partition coefficient (Wildman–Crippen LogP) is 2.14. The van der Waals surface area contributed by atoms with E-state index >= 15 is 0 Å². The molecule has 3 heteroatoms. The second-order valence-electron chi connectivity index (χ2n) is 3.29. The average Bonchev–Trinajstić information content (AvgIpc) is 2.16. The molecule has 2 atom stereocenters. The van der Waals surface area contributed by atoms with Gasteiger partial charge in [-0.25, -0.2) is 0 Å². The lowest BCUT2D eigenvalue weighted by atomic mass is 10.2. The molecule has 0 bridgehead atoms. The van der Waals surface area contributed by atoms with Crippen LogP contribution in [0.3, 0.4) is 0 Å². The van der Waals surface area contributed by atoms with Crippen LogP contribution in [0.5, 0.6) is 0 Å². The van der Waals surface area contributed by atoms with Crippen molar-refractivity contribution in [3.05, 3.63) is 0 Å². The zero-order valence-corrected chi connectivity index (χ0v) is 10.1. The van der Waals surface area contributed by atoms with Gasteiger partial charge >= 0.3 is 0 Å². The highest BCUT2D eigenvalue weighted by Crippen LogP contribution is 2.03. The fourth-order valence-electron chi connectivity index (χ4n) is 1.30. The number of hydrogen-bond acceptors (Lipinski definition) is 3. The summed E-state index contributed by atoms with van der Waals surface area (Å²) in [6.07, 6.45) is 4.49. The van der Waals surface area contributed by atoms with Crippen molar-refractivity contribution in [2.24, 2.45) is 0 Å². The van der Waals surface area contributed by atoms with Gasteiger partial charge in [-0.3, -0.25) is 0 Å². The van der Waals surface area contributed by atoms with Gasteiger partial charge in [-0.15, -0.1) is 0 Å². The van der Waals surface area contributed by atoms with E-state index in [1.165, 1.54) is 12.2 Å². The van der Waals surface area contributed by atoms with E-state index in [0.29, 0.717) is 12.1 Å². The van der Waals surface area contributed by atoms with Gasteiger partial charge in [0.15, 0.2) is 0 Å². The summed E-state index contributed by atoms with van der Waals surface area (Å²) < 4.78 is 5.15. The molecule has 0 aromatic heterocycles. The molecular formula is C10H23NOS. The maximum absolute atomic E-state index is 5.15. The first kappa shape index (κ1) is 13.3. The smallest absolute Gasteiger partial charge is 0.0615 e. The van der Waals surface area contributed by atoms with Gasteiger partial charge in [0.25, 0.3) is 0 Å². The van der Waals surface area contributed by atoms with Crippen molar-refractivity contribution in [2.75, 3.05) is 25.7 Å². The minimum Gasteiger partial charge on any atom is -0.383 e. The van der Waals surface area contributed by atoms with Crippen LogP contribution in [0.1, 0.15) is 26.7 Å². The molecule has 0 heterocycles. The Bertz CT molecular complexity index is 99.1. The van der Waals surface area contributed by atoms with E-state index in [1.54, 1.807) is 7.11 Å². The monoisotopic (exact) mass is 205 g/mol. The first-order valence-electron chi connectivity index (χ1n) is 5.02. The minimum absolute atomic E-state index is 0.516. The Balaban J connectivity index is 3.73. The van der Waals surface area contributed by atoms with E-state index in [9.17, 15) is 0 Å². The summed E-state index contributed by atoms with van der Waals surface area (Å²) in [5.74, 6) is 1.19. The lowest BCUT2D eigenvalue weighted by molar-refractivity contribution is 0.159. The van der Waals surface area contributed by atoms with E-state index < -0.39 is 0 Å². The standard InChI is InChI=1S/C10H23NOS/c1-5-9(7-12-3)11-10(6-2)8-13-4/h9-11H,5-8H2,1-4H3. The molecule has 2 unspecified atom stereocenters. The van der Waals surface area contributed by atoms with Crippen molar-refractivity contribution in [1.82, 2.24) is 5.32 Å². The SMILES string of the molecule is CCC(COC)NC(CC)CSC. The van der Waals surface area contributed by atoms with Crippen molar-refractivity contribution in [3.63, 3.8) is 0 Å². The predicted molar refractivity (Wildman–Crippen MR) is 61.6 cm³/mol. The molecule has 0 saturated heterocycles. The third-order valence-electron chi connectivity index (χ3n) is 2.19. The van der Waals surface area contributed by atoms with E-state index in [4.69, 9.17) is 4.74 Å². The highest BCUT2D eigenvalue weighted by Gasteiger charge is 2.11. The van der Waals surface area contributed by atoms with E-state index in [1.807, 2.05) is 11.8 Å². The molecular weight excluding hydrogens is 182 g/mol. The summed E-state index contributed by atoms with van der Waals surface area (Å²) in [4.78, 5) is 0. The molecule has 0 amide bonds. The Morgan fingerprint density at radius 3 is 2.23 bits per heavy atom. The summed E-state index contributed by atoms with van der Waals surface area (Å²) in [6.45, 7) is 5.25. The number of nitrogens with one attached hydrogen (secondary N) is 1. The molecule has 0 aromatic carbocycles. The van der Waals surface area contributed by atoms with E-state index in [2.05, 4.69) is 25.4 Å². The van der Waals surface area contributed by atoms with Gasteiger partial charge in [0.1, 0.15) is 0 Å². The quantitative estimate of drug-likeness (QED) is 0.656. The molecule has 0 aliphatic rings. The second-order valence-corrected chi connectivity index (χ2v) is 4.20. The van der Waals surface area contributed by atoms with Crippen LogP contribution in [-0.4, -0.2) is 37.8 Å². The molecule has 0 saturated carbocycles. The van der Waals surface area contributed by atoms with Crippen LogP contribution in [0.15, 0.2) is 0 Å². The number of hydrogen-bond donors (Lipinski definition) is 1. The molecule has 80 valence electrons. The molecule has 0 fully saturated rings. The van der Waals surface area contributed by atoms with Crippen LogP contribution in [-0.2, 0) is 4.74 Å². The molecule has 0 spiro atoms. The highest BCUT2D eigenvalue weighted by atomic mass is 32.2. The number of methoxy groups -OCH3 is 1. The average molecular weight is 205 g/mol. The normalized spacial score (nSPS) is 15.7. The van der Waals surface area contributed by atoms with Crippen LogP contribution < -0.4 is 5.32 Å². The van der Waals surface area contributed by atoms with E-state index in [-0.39, 0.29) is 0 Å². The molecule has 0 rings (SSSR count). The van der Waals surface area contributed by atoms with Gasteiger partial charge < -0.3 is 10.1 Å². The summed E-state index contributed by atoms with van der Waals surface area (Å²) in [5.41, 5.74) is 0. The Labute approximate surface area is 86.8 Å². The van der Waals surface area contributed by atoms with Crippen LogP contribution in [0.4, 0.5) is 0 Å². The summed E-state index contributed by atoms with van der Waals surface area (Å²) in [6, 6.07) is 1.15. The zero-order valence-electron chi connectivity index (χ0n) is 9.30. The number of ether oxygens (including phenoxy) is 1. The molecule has 0 radical (unpaired) electrons. The van der Waals surface area contributed by atoms with Crippen molar-refractivity contribution in [3.8, 4) is 0 Å². The topological polar surface area (TPSA) is 21.3 Å². The fraction of sp³-hybridized carbons (Fsp3) is 1.00. The van der Waals surface area contributed by atoms with E-state index in [0.717, 1.165) is 13.0 Å². The van der Waals surface area contributed by atoms with Crippen molar-refractivity contribution < 1.29 is 4.74 Å². The molecule has 13 heavy (non-hydrogen) atoms. The Morgan fingerprint density at radius 1 is 1.23 bits per heavy atom. The van der Waals surface area contributed by atoms with Crippen molar-refractivity contribution >= 4 is 11.8 Å². The lowest BCUT2D eigenvalue weighted by Gasteiger charge is -2.23. The summed E-state index contributed by atoms with van der Waals surface area (Å²) in [7, 11) is 1.76. The molecule has 0 aliphatic carbocycles. The lowest BCUT2D eigenvalue weighted by Crippen LogP contribution is -2.41. The largest absolute Gasteiger partial charge is 0.383 e. The highest BCUT2D eigenvalue weighted by molar-refractivity contribution is 7.98. The number of thioether (sulfide) groups is 1. The molecule has 0 aliphatic heterocycles. The Morgan fingerprint density at radius 2 is 1.85 bits per heavy atom. The van der Waals surface area contributed by atoms with Crippen molar-refractivity contribution in [1.29, 1.82) is 0 Å². The maximum Gasteiger partial charge on any atom is 0.0615 e. The van der Waals surface area contributed by atoms with Crippen LogP contribution in [0.25, 0.3) is 0 Å². The first-order valence-corrected chi connectivity index (χ1v) is 6.41. The third-order valence-corrected chi connectivity index (χ3v) is 2.93. The van der Waals surface area contributed by atoms with Gasteiger partial charge in [-0.2, -0.15) is 11.8 Å². The Kier molecular flexibility index (Phi) is 9.03. The molecule has 2 nitrogen and oxygen atoms in total. The maximum atomic E-state index is 5.15. The third kappa shape index (κ3) is 6.36. The molecule has 1 N–H and O–H groups in total. The van der Waals surface area contributed by atoms with Crippen LogP contribution in [0.2, 0.25) is 0 Å². The van der Waals surface area contributed by atoms with Gasteiger partial charge in [0.2, 0.25) is 0 Å². The van der Waals surface area contributed by atoms with Gasteiger partial charge in [-0.05, 0) is 19.1 Å². The Hall–Kier alpha value is 0.270. The molecule has 0 aromatic rings. The summed E-state index contributed by atoms with van der Waals surface area (Å²) >= 11 is 1.90. The van der Waals surface area contributed by atoms with Crippen LogP contribution >= 0.6 is 11.8 Å². The van der Waals surface area contributed by atoms with Gasteiger partial charge in [-0.1, -0.05) is 13.8 Å². The van der Waals surface area contributed by atoms with Gasteiger partial charge in [0, 0.05) is 24.9 Å². The summed E-state index contributed by atoms with van der Waals surface area (Å²) in [5, 5.41) is 3.61. The van der Waals surface area contributed by atoms with Gasteiger partial charge in [0.05, 0.1) is 6.61 Å². The first-order chi connectivity index (χ1) is 6.28. The van der Waals surface area contributed by atoms with Crippen LogP contribution in [0, 0.1) is 0 Å². The van der Waals surface area contributed by atoms with Crippen molar-refractivity contribution in [2.45, 2.75) is 38.8 Å².